The molecule has 1 aliphatic heterocycles. The highest BCUT2D eigenvalue weighted by Crippen LogP contribution is 2.18. The van der Waals surface area contributed by atoms with E-state index in [1.165, 1.54) is 0 Å². The van der Waals surface area contributed by atoms with E-state index in [0.29, 0.717) is 13.0 Å². The second-order valence-corrected chi connectivity index (χ2v) is 7.78. The monoisotopic (exact) mass is 391 g/mol. The summed E-state index contributed by atoms with van der Waals surface area (Å²) in [6.45, 7) is 7.73. The molecular weight excluding hydrogens is 362 g/mol. The van der Waals surface area contributed by atoms with Gasteiger partial charge in [0.1, 0.15) is 18.8 Å². The molecule has 0 aliphatic carbocycles. The average molecular weight is 391 g/mol. The summed E-state index contributed by atoms with van der Waals surface area (Å²) in [7, 11) is 0. The Morgan fingerprint density at radius 3 is 2.46 bits per heavy atom. The molecule has 1 aromatic rings. The van der Waals surface area contributed by atoms with E-state index >= 15 is 0 Å². The second kappa shape index (κ2) is 9.43. The number of amides is 3. The predicted octanol–water partition coefficient (Wildman–Crippen LogP) is 2.43. The molecule has 1 aromatic carbocycles. The number of alkyl carbamates (subject to hydrolysis) is 2. The predicted molar refractivity (Wildman–Crippen MR) is 104 cm³/mol. The minimum absolute atomic E-state index is 0.142. The molecule has 1 fully saturated rings. The molecule has 0 spiro atoms. The van der Waals surface area contributed by atoms with Gasteiger partial charge in [0.15, 0.2) is 0 Å². The van der Waals surface area contributed by atoms with Crippen LogP contribution in [0.15, 0.2) is 30.3 Å². The van der Waals surface area contributed by atoms with Crippen LogP contribution in [0.3, 0.4) is 0 Å². The number of benzene rings is 1. The fourth-order valence-corrected chi connectivity index (χ4v) is 2.97. The van der Waals surface area contributed by atoms with E-state index in [1.807, 2.05) is 37.3 Å². The standard InChI is InChI=1S/C20H29N3O5/c1-14-16(22-19(26)28-20(2,3)4)10-11-23(14)17(24)12-21-18(25)27-13-15-8-6-5-7-9-15/h5-9,14,16H,10-13H2,1-4H3,(H,21,25)(H,22,26)/t14-,16?/m1/s1. The van der Waals surface area contributed by atoms with E-state index in [9.17, 15) is 14.4 Å². The third-order valence-corrected chi connectivity index (χ3v) is 4.37. The molecule has 1 heterocycles. The number of likely N-dealkylation sites (tertiary alicyclic amines) is 1. The van der Waals surface area contributed by atoms with Crippen LogP contribution in [-0.4, -0.2) is 53.8 Å². The van der Waals surface area contributed by atoms with Crippen LogP contribution in [0.1, 0.15) is 39.7 Å². The number of carbonyl (C=O) groups is 3. The van der Waals surface area contributed by atoms with Crippen LogP contribution in [0.2, 0.25) is 0 Å². The Morgan fingerprint density at radius 1 is 1.14 bits per heavy atom. The molecule has 1 saturated heterocycles. The van der Waals surface area contributed by atoms with Gasteiger partial charge in [-0.25, -0.2) is 9.59 Å². The van der Waals surface area contributed by atoms with Crippen molar-refractivity contribution in [2.24, 2.45) is 0 Å². The van der Waals surface area contributed by atoms with Crippen molar-refractivity contribution in [2.75, 3.05) is 13.1 Å². The third kappa shape index (κ3) is 6.75. The summed E-state index contributed by atoms with van der Waals surface area (Å²) < 4.78 is 10.4. The van der Waals surface area contributed by atoms with E-state index in [4.69, 9.17) is 9.47 Å². The van der Waals surface area contributed by atoms with Crippen molar-refractivity contribution in [1.29, 1.82) is 0 Å². The van der Waals surface area contributed by atoms with E-state index in [0.717, 1.165) is 5.56 Å². The first-order valence-corrected chi connectivity index (χ1v) is 9.39. The van der Waals surface area contributed by atoms with Gasteiger partial charge in [-0.3, -0.25) is 4.79 Å². The molecule has 2 atom stereocenters. The van der Waals surface area contributed by atoms with E-state index in [-0.39, 0.29) is 31.1 Å². The highest BCUT2D eigenvalue weighted by molar-refractivity contribution is 5.83. The molecule has 2 N–H and O–H groups in total. The molecule has 0 aromatic heterocycles. The van der Waals surface area contributed by atoms with Gasteiger partial charge in [0.05, 0.1) is 6.04 Å². The summed E-state index contributed by atoms with van der Waals surface area (Å²) >= 11 is 0. The number of nitrogens with one attached hydrogen (secondary N) is 2. The Labute approximate surface area is 165 Å². The maximum absolute atomic E-state index is 12.4. The van der Waals surface area contributed by atoms with Crippen molar-refractivity contribution in [1.82, 2.24) is 15.5 Å². The summed E-state index contributed by atoms with van der Waals surface area (Å²) in [5.41, 5.74) is 0.291. The lowest BCUT2D eigenvalue weighted by Crippen LogP contribution is -2.48. The number of hydrogen-bond acceptors (Lipinski definition) is 5. The zero-order valence-electron chi connectivity index (χ0n) is 16.9. The third-order valence-electron chi connectivity index (χ3n) is 4.37. The summed E-state index contributed by atoms with van der Waals surface area (Å²) in [5, 5.41) is 5.28. The molecule has 1 unspecified atom stereocenters. The van der Waals surface area contributed by atoms with Gasteiger partial charge in [-0.2, -0.15) is 0 Å². The molecule has 28 heavy (non-hydrogen) atoms. The summed E-state index contributed by atoms with van der Waals surface area (Å²) in [5.74, 6) is -0.224. The summed E-state index contributed by atoms with van der Waals surface area (Å²) in [6, 6.07) is 8.91. The van der Waals surface area contributed by atoms with E-state index < -0.39 is 17.8 Å². The van der Waals surface area contributed by atoms with Crippen LogP contribution < -0.4 is 10.6 Å². The van der Waals surface area contributed by atoms with Crippen molar-refractivity contribution in [2.45, 2.75) is 58.4 Å². The van der Waals surface area contributed by atoms with Gasteiger partial charge in [0, 0.05) is 12.6 Å². The molecular formula is C20H29N3O5. The lowest BCUT2D eigenvalue weighted by atomic mass is 10.1. The lowest BCUT2D eigenvalue weighted by Gasteiger charge is -2.26. The average Bonchev–Trinajstić information content (AvgIpc) is 2.97. The maximum atomic E-state index is 12.4. The van der Waals surface area contributed by atoms with Crippen LogP contribution in [0.4, 0.5) is 9.59 Å². The zero-order chi connectivity index (χ0) is 20.7. The smallest absolute Gasteiger partial charge is 0.407 e. The molecule has 0 radical (unpaired) electrons. The number of rotatable bonds is 5. The summed E-state index contributed by atoms with van der Waals surface area (Å²) in [6.07, 6.45) is -0.515. The van der Waals surface area contributed by atoms with Gasteiger partial charge in [0.25, 0.3) is 0 Å². The molecule has 2 rings (SSSR count). The van der Waals surface area contributed by atoms with Crippen LogP contribution in [0, 0.1) is 0 Å². The Morgan fingerprint density at radius 2 is 1.82 bits per heavy atom. The molecule has 1 aliphatic rings. The van der Waals surface area contributed by atoms with Crippen LogP contribution in [0.25, 0.3) is 0 Å². The first-order chi connectivity index (χ1) is 13.2. The number of carbonyl (C=O) groups excluding carboxylic acids is 3. The van der Waals surface area contributed by atoms with E-state index in [2.05, 4.69) is 10.6 Å². The van der Waals surface area contributed by atoms with Crippen molar-refractivity contribution in [3.05, 3.63) is 35.9 Å². The quantitative estimate of drug-likeness (QED) is 0.803. The van der Waals surface area contributed by atoms with Crippen molar-refractivity contribution in [3.63, 3.8) is 0 Å². The minimum atomic E-state index is -0.646. The Balaban J connectivity index is 1.73. The van der Waals surface area contributed by atoms with Crippen molar-refractivity contribution < 1.29 is 23.9 Å². The second-order valence-electron chi connectivity index (χ2n) is 7.78. The van der Waals surface area contributed by atoms with Gasteiger partial charge in [-0.05, 0) is 39.7 Å². The maximum Gasteiger partial charge on any atom is 0.407 e. The molecule has 3 amide bonds. The van der Waals surface area contributed by atoms with Gasteiger partial charge in [-0.15, -0.1) is 0 Å². The SMILES string of the molecule is C[C@@H]1C(NC(=O)OC(C)(C)C)CCN1C(=O)CNC(=O)OCc1ccccc1. The van der Waals surface area contributed by atoms with Crippen LogP contribution >= 0.6 is 0 Å². The molecule has 8 heteroatoms. The number of hydrogen-bond donors (Lipinski definition) is 2. The van der Waals surface area contributed by atoms with Gasteiger partial charge >= 0.3 is 12.2 Å². The van der Waals surface area contributed by atoms with Gasteiger partial charge < -0.3 is 25.0 Å². The highest BCUT2D eigenvalue weighted by atomic mass is 16.6. The van der Waals surface area contributed by atoms with Crippen molar-refractivity contribution in [3.8, 4) is 0 Å². The summed E-state index contributed by atoms with van der Waals surface area (Å²) in [4.78, 5) is 37.8. The molecule has 0 saturated carbocycles. The first kappa shape index (κ1) is 21.5. The lowest BCUT2D eigenvalue weighted by molar-refractivity contribution is -0.130. The Kier molecular flexibility index (Phi) is 7.25. The van der Waals surface area contributed by atoms with E-state index in [1.54, 1.807) is 25.7 Å². The largest absolute Gasteiger partial charge is 0.445 e. The Hall–Kier alpha value is -2.77. The number of ether oxygens (including phenoxy) is 2. The first-order valence-electron chi connectivity index (χ1n) is 9.39. The van der Waals surface area contributed by atoms with Crippen molar-refractivity contribution >= 4 is 18.1 Å². The normalized spacial score (nSPS) is 19.1. The number of nitrogens with zero attached hydrogens (tertiary/aromatic N) is 1. The fraction of sp³-hybridized carbons (Fsp3) is 0.550. The van der Waals surface area contributed by atoms with Crippen LogP contribution in [0.5, 0.6) is 0 Å². The van der Waals surface area contributed by atoms with Gasteiger partial charge in [0.2, 0.25) is 5.91 Å². The Bertz CT molecular complexity index is 687. The molecule has 154 valence electrons. The highest BCUT2D eigenvalue weighted by Gasteiger charge is 2.35. The topological polar surface area (TPSA) is 97.0 Å². The fourth-order valence-electron chi connectivity index (χ4n) is 2.97. The van der Waals surface area contributed by atoms with Crippen LogP contribution in [-0.2, 0) is 20.9 Å². The molecule has 0 bridgehead atoms. The zero-order valence-corrected chi connectivity index (χ0v) is 16.9. The molecule has 8 nitrogen and oxygen atoms in total. The minimum Gasteiger partial charge on any atom is -0.445 e. The van der Waals surface area contributed by atoms with Gasteiger partial charge in [-0.1, -0.05) is 30.3 Å².